The molecule has 3 rings (SSSR count). The van der Waals surface area contributed by atoms with Crippen LogP contribution in [-0.4, -0.2) is 23.9 Å². The van der Waals surface area contributed by atoms with Gasteiger partial charge in [0.25, 0.3) is 5.91 Å². The minimum absolute atomic E-state index is 0.199. The lowest BCUT2D eigenvalue weighted by Gasteiger charge is -2.17. The van der Waals surface area contributed by atoms with Gasteiger partial charge in [-0.25, -0.2) is 4.79 Å². The maximum atomic E-state index is 13.0. The van der Waals surface area contributed by atoms with E-state index in [0.717, 1.165) is 15.6 Å². The SMILES string of the molecule is COC(=O)C1=C(C)N(Cc2ccccc2)C(=O)/C1=C\c1ccc(Br)cc1. The highest BCUT2D eigenvalue weighted by Crippen LogP contribution is 2.32. The summed E-state index contributed by atoms with van der Waals surface area (Å²) in [6, 6.07) is 17.2. The van der Waals surface area contributed by atoms with Gasteiger partial charge in [0, 0.05) is 10.2 Å². The first kappa shape index (κ1) is 18.1. The van der Waals surface area contributed by atoms with Crippen LogP contribution < -0.4 is 0 Å². The number of benzene rings is 2. The summed E-state index contributed by atoms with van der Waals surface area (Å²) in [4.78, 5) is 27.0. The summed E-state index contributed by atoms with van der Waals surface area (Å²) in [6.45, 7) is 2.18. The van der Waals surface area contributed by atoms with Crippen LogP contribution in [0, 0.1) is 0 Å². The van der Waals surface area contributed by atoms with E-state index >= 15 is 0 Å². The highest BCUT2D eigenvalue weighted by atomic mass is 79.9. The number of amides is 1. The molecular formula is C21H18BrNO3. The van der Waals surface area contributed by atoms with E-state index in [2.05, 4.69) is 15.9 Å². The van der Waals surface area contributed by atoms with Gasteiger partial charge in [-0.2, -0.15) is 0 Å². The number of methoxy groups -OCH3 is 1. The molecule has 132 valence electrons. The van der Waals surface area contributed by atoms with E-state index in [-0.39, 0.29) is 5.91 Å². The molecule has 0 unspecified atom stereocenters. The Bertz CT molecular complexity index is 899. The van der Waals surface area contributed by atoms with Crippen molar-refractivity contribution in [2.24, 2.45) is 0 Å². The van der Waals surface area contributed by atoms with Gasteiger partial charge in [-0.05, 0) is 36.3 Å². The summed E-state index contributed by atoms with van der Waals surface area (Å²) in [5.74, 6) is -0.704. The van der Waals surface area contributed by atoms with Gasteiger partial charge in [-0.1, -0.05) is 58.4 Å². The Hall–Kier alpha value is -2.66. The lowest BCUT2D eigenvalue weighted by atomic mass is 10.0. The van der Waals surface area contributed by atoms with Crippen molar-refractivity contribution in [1.29, 1.82) is 0 Å². The molecule has 1 aliphatic heterocycles. The molecule has 0 saturated heterocycles. The van der Waals surface area contributed by atoms with Crippen LogP contribution in [0.5, 0.6) is 0 Å². The van der Waals surface area contributed by atoms with Gasteiger partial charge < -0.3 is 9.64 Å². The summed E-state index contributed by atoms with van der Waals surface area (Å²) in [7, 11) is 1.32. The van der Waals surface area contributed by atoms with Crippen LogP contribution in [0.4, 0.5) is 0 Å². The molecule has 2 aromatic carbocycles. The monoisotopic (exact) mass is 411 g/mol. The first-order chi connectivity index (χ1) is 12.5. The largest absolute Gasteiger partial charge is 0.465 e. The van der Waals surface area contributed by atoms with Crippen molar-refractivity contribution in [3.63, 3.8) is 0 Å². The molecule has 0 fully saturated rings. The van der Waals surface area contributed by atoms with E-state index in [4.69, 9.17) is 4.74 Å². The Morgan fingerprint density at radius 1 is 1.12 bits per heavy atom. The number of hydrogen-bond donors (Lipinski definition) is 0. The van der Waals surface area contributed by atoms with Crippen LogP contribution in [0.2, 0.25) is 0 Å². The quantitative estimate of drug-likeness (QED) is 0.555. The fourth-order valence-electron chi connectivity index (χ4n) is 2.91. The van der Waals surface area contributed by atoms with Crippen LogP contribution in [0.3, 0.4) is 0 Å². The van der Waals surface area contributed by atoms with Crippen LogP contribution in [-0.2, 0) is 20.9 Å². The molecule has 2 aromatic rings. The van der Waals surface area contributed by atoms with Gasteiger partial charge in [0.05, 0.1) is 24.8 Å². The lowest BCUT2D eigenvalue weighted by Crippen LogP contribution is -2.24. The number of allylic oxidation sites excluding steroid dienone is 1. The predicted octanol–water partition coefficient (Wildman–Crippen LogP) is 4.32. The molecule has 0 atom stereocenters. The Labute approximate surface area is 160 Å². The molecular weight excluding hydrogens is 394 g/mol. The van der Waals surface area contributed by atoms with Crippen LogP contribution >= 0.6 is 15.9 Å². The smallest absolute Gasteiger partial charge is 0.340 e. The van der Waals surface area contributed by atoms with E-state index < -0.39 is 5.97 Å². The van der Waals surface area contributed by atoms with Crippen LogP contribution in [0.25, 0.3) is 6.08 Å². The van der Waals surface area contributed by atoms with Crippen molar-refractivity contribution in [2.75, 3.05) is 7.11 Å². The second-order valence-electron chi connectivity index (χ2n) is 5.94. The fraction of sp³-hybridized carbons (Fsp3) is 0.143. The van der Waals surface area contributed by atoms with Gasteiger partial charge in [-0.3, -0.25) is 4.79 Å². The Balaban J connectivity index is 2.02. The molecule has 1 aliphatic rings. The maximum Gasteiger partial charge on any atom is 0.340 e. The number of nitrogens with zero attached hydrogens (tertiary/aromatic N) is 1. The first-order valence-electron chi connectivity index (χ1n) is 8.14. The average Bonchev–Trinajstić information content (AvgIpc) is 2.88. The minimum atomic E-state index is -0.505. The van der Waals surface area contributed by atoms with E-state index in [1.165, 1.54) is 7.11 Å². The van der Waals surface area contributed by atoms with E-state index in [0.29, 0.717) is 23.4 Å². The third kappa shape index (κ3) is 3.63. The first-order valence-corrected chi connectivity index (χ1v) is 8.93. The van der Waals surface area contributed by atoms with Crippen molar-refractivity contribution >= 4 is 33.9 Å². The van der Waals surface area contributed by atoms with Gasteiger partial charge in [0.2, 0.25) is 0 Å². The predicted molar refractivity (Wildman–Crippen MR) is 104 cm³/mol. The van der Waals surface area contributed by atoms with Gasteiger partial charge in [-0.15, -0.1) is 0 Å². The standard InChI is InChI=1S/C21H18BrNO3/c1-14-19(21(25)26-2)18(12-15-8-10-17(22)11-9-15)20(24)23(14)13-16-6-4-3-5-7-16/h3-12H,13H2,1-2H3/b18-12-. The lowest BCUT2D eigenvalue weighted by molar-refractivity contribution is -0.136. The van der Waals surface area contributed by atoms with Gasteiger partial charge >= 0.3 is 5.97 Å². The fourth-order valence-corrected chi connectivity index (χ4v) is 3.17. The maximum absolute atomic E-state index is 13.0. The summed E-state index contributed by atoms with van der Waals surface area (Å²) in [5, 5.41) is 0. The van der Waals surface area contributed by atoms with E-state index in [9.17, 15) is 9.59 Å². The van der Waals surface area contributed by atoms with Crippen molar-refractivity contribution in [3.8, 4) is 0 Å². The molecule has 0 spiro atoms. The molecule has 0 N–H and O–H groups in total. The number of carbonyl (C=O) groups excluding carboxylic acids is 2. The molecule has 4 nitrogen and oxygen atoms in total. The number of carbonyl (C=O) groups is 2. The number of esters is 1. The van der Waals surface area contributed by atoms with Crippen molar-refractivity contribution < 1.29 is 14.3 Å². The van der Waals surface area contributed by atoms with Crippen LogP contribution in [0.15, 0.2) is 75.9 Å². The van der Waals surface area contributed by atoms with E-state index in [1.807, 2.05) is 54.6 Å². The Morgan fingerprint density at radius 2 is 1.77 bits per heavy atom. The van der Waals surface area contributed by atoms with Crippen LogP contribution in [0.1, 0.15) is 18.1 Å². The molecule has 0 bridgehead atoms. The molecule has 0 saturated carbocycles. The number of hydrogen-bond acceptors (Lipinski definition) is 3. The minimum Gasteiger partial charge on any atom is -0.465 e. The van der Waals surface area contributed by atoms with E-state index in [1.54, 1.807) is 17.9 Å². The zero-order valence-electron chi connectivity index (χ0n) is 14.5. The topological polar surface area (TPSA) is 46.6 Å². The highest BCUT2D eigenvalue weighted by Gasteiger charge is 2.36. The summed E-state index contributed by atoms with van der Waals surface area (Å²) in [6.07, 6.45) is 1.73. The summed E-state index contributed by atoms with van der Waals surface area (Å²) < 4.78 is 5.86. The molecule has 1 heterocycles. The molecule has 0 aromatic heterocycles. The highest BCUT2D eigenvalue weighted by molar-refractivity contribution is 9.10. The summed E-state index contributed by atoms with van der Waals surface area (Å²) in [5.41, 5.74) is 3.11. The zero-order chi connectivity index (χ0) is 18.7. The number of rotatable bonds is 4. The number of ether oxygens (including phenoxy) is 1. The van der Waals surface area contributed by atoms with Gasteiger partial charge in [0.1, 0.15) is 0 Å². The third-order valence-corrected chi connectivity index (χ3v) is 4.79. The van der Waals surface area contributed by atoms with Crippen molar-refractivity contribution in [2.45, 2.75) is 13.5 Å². The Kier molecular flexibility index (Phi) is 5.38. The average molecular weight is 412 g/mol. The molecule has 0 aliphatic carbocycles. The van der Waals surface area contributed by atoms with Gasteiger partial charge in [0.15, 0.2) is 0 Å². The molecule has 5 heteroatoms. The summed E-state index contributed by atoms with van der Waals surface area (Å²) >= 11 is 3.39. The number of halogens is 1. The second-order valence-corrected chi connectivity index (χ2v) is 6.85. The third-order valence-electron chi connectivity index (χ3n) is 4.27. The normalized spacial score (nSPS) is 15.7. The molecule has 26 heavy (non-hydrogen) atoms. The van der Waals surface area contributed by atoms with Crippen molar-refractivity contribution in [1.82, 2.24) is 4.90 Å². The zero-order valence-corrected chi connectivity index (χ0v) is 16.1. The second kappa shape index (κ2) is 7.70. The van der Waals surface area contributed by atoms with Crippen molar-refractivity contribution in [3.05, 3.63) is 87.0 Å². The Morgan fingerprint density at radius 3 is 2.38 bits per heavy atom. The molecule has 0 radical (unpaired) electrons. The molecule has 1 amide bonds.